The minimum atomic E-state index is -1.03. The molecule has 1 aliphatic heterocycles. The van der Waals surface area contributed by atoms with Gasteiger partial charge < -0.3 is 24.8 Å². The van der Waals surface area contributed by atoms with Gasteiger partial charge in [-0.25, -0.2) is 0 Å². The van der Waals surface area contributed by atoms with Crippen molar-refractivity contribution in [3.8, 4) is 0 Å². The molecule has 0 bridgehead atoms. The summed E-state index contributed by atoms with van der Waals surface area (Å²) in [5, 5.41) is 28.9. The van der Waals surface area contributed by atoms with Crippen LogP contribution in [-0.4, -0.2) is 59.6 Å². The number of ether oxygens (including phenoxy) is 2. The second-order valence-corrected chi connectivity index (χ2v) is 6.33. The zero-order valence-corrected chi connectivity index (χ0v) is 14.4. The van der Waals surface area contributed by atoms with Gasteiger partial charge in [-0.3, -0.25) is 0 Å². The summed E-state index contributed by atoms with van der Waals surface area (Å²) < 4.78 is 10.6. The van der Waals surface area contributed by atoms with Crippen LogP contribution in [-0.2, 0) is 9.47 Å². The Bertz CT molecular complexity index is 308. The molecule has 0 spiro atoms. The van der Waals surface area contributed by atoms with Crippen molar-refractivity contribution in [1.82, 2.24) is 0 Å². The van der Waals surface area contributed by atoms with Crippen LogP contribution in [0.4, 0.5) is 0 Å². The van der Waals surface area contributed by atoms with Crippen molar-refractivity contribution in [2.24, 2.45) is 0 Å². The van der Waals surface area contributed by atoms with Gasteiger partial charge >= 0.3 is 0 Å². The molecule has 3 N–H and O–H groups in total. The van der Waals surface area contributed by atoms with Crippen LogP contribution in [0.25, 0.3) is 0 Å². The Morgan fingerprint density at radius 1 is 1.09 bits per heavy atom. The Morgan fingerprint density at radius 3 is 2.35 bits per heavy atom. The molecule has 1 fully saturated rings. The van der Waals surface area contributed by atoms with Gasteiger partial charge in [0.2, 0.25) is 0 Å². The summed E-state index contributed by atoms with van der Waals surface area (Å²) in [6.45, 7) is 2.88. The van der Waals surface area contributed by atoms with E-state index in [1.165, 1.54) is 38.5 Å². The number of rotatable bonds is 13. The van der Waals surface area contributed by atoms with Gasteiger partial charge in [0.05, 0.1) is 13.2 Å². The molecule has 1 aliphatic rings. The molecule has 0 aromatic heterocycles. The minimum absolute atomic E-state index is 0.0671. The molecule has 1 saturated heterocycles. The van der Waals surface area contributed by atoms with E-state index in [1.54, 1.807) is 0 Å². The first-order valence-corrected chi connectivity index (χ1v) is 9.01. The number of hydrogen-bond acceptors (Lipinski definition) is 5. The molecule has 1 rings (SSSR count). The number of unbranched alkanes of at least 4 members (excludes halogenated alkanes) is 7. The molecule has 0 saturated carbocycles. The summed E-state index contributed by atoms with van der Waals surface area (Å²) in [6, 6.07) is 0. The lowest BCUT2D eigenvalue weighted by atomic mass is 10.1. The smallest absolute Gasteiger partial charge is 0.114 e. The zero-order chi connectivity index (χ0) is 16.9. The monoisotopic (exact) mass is 330 g/mol. The SMILES string of the molecule is C/C=C/CCCCCCCCCOC[C@@H](O)[C@@H]1OC[C@H](O)[C@@H]1O. The maximum atomic E-state index is 9.87. The normalized spacial score (nSPS) is 26.2. The lowest BCUT2D eigenvalue weighted by Gasteiger charge is -2.20. The highest BCUT2D eigenvalue weighted by Crippen LogP contribution is 2.18. The van der Waals surface area contributed by atoms with Gasteiger partial charge in [0, 0.05) is 6.61 Å². The highest BCUT2D eigenvalue weighted by molar-refractivity contribution is 4.87. The first kappa shape index (κ1) is 20.6. The van der Waals surface area contributed by atoms with E-state index < -0.39 is 24.4 Å². The van der Waals surface area contributed by atoms with E-state index >= 15 is 0 Å². The molecule has 4 atom stereocenters. The molecule has 136 valence electrons. The fourth-order valence-electron chi connectivity index (χ4n) is 2.78. The molecule has 0 aromatic carbocycles. The third kappa shape index (κ3) is 8.82. The predicted octanol–water partition coefficient (Wildman–Crippen LogP) is 2.18. The second-order valence-electron chi connectivity index (χ2n) is 6.33. The van der Waals surface area contributed by atoms with Crippen molar-refractivity contribution in [2.45, 2.75) is 82.7 Å². The van der Waals surface area contributed by atoms with E-state index in [1.807, 2.05) is 0 Å². The summed E-state index contributed by atoms with van der Waals surface area (Å²) in [6.07, 6.45) is 10.5. The maximum absolute atomic E-state index is 9.87. The van der Waals surface area contributed by atoms with Gasteiger partial charge in [0.25, 0.3) is 0 Å². The Balaban J connectivity index is 1.86. The predicted molar refractivity (Wildman–Crippen MR) is 90.3 cm³/mol. The van der Waals surface area contributed by atoms with Crippen molar-refractivity contribution in [2.75, 3.05) is 19.8 Å². The van der Waals surface area contributed by atoms with Crippen LogP contribution < -0.4 is 0 Å². The molecule has 5 heteroatoms. The molecule has 0 unspecified atom stereocenters. The highest BCUT2D eigenvalue weighted by atomic mass is 16.5. The van der Waals surface area contributed by atoms with Crippen LogP contribution in [0.15, 0.2) is 12.2 Å². The second kappa shape index (κ2) is 12.9. The fourth-order valence-corrected chi connectivity index (χ4v) is 2.78. The van der Waals surface area contributed by atoms with Crippen LogP contribution in [0, 0.1) is 0 Å². The standard InChI is InChI=1S/C18H34O5/c1-2-3-4-5-6-7-8-9-10-11-12-22-13-16(20)18-17(21)15(19)14-23-18/h2-3,15-21H,4-14H2,1H3/b3-2+/t15-,16+,17-,18-/m0/s1. The zero-order valence-electron chi connectivity index (χ0n) is 14.4. The van der Waals surface area contributed by atoms with Crippen LogP contribution >= 0.6 is 0 Å². The van der Waals surface area contributed by atoms with Crippen molar-refractivity contribution < 1.29 is 24.8 Å². The third-order valence-electron chi connectivity index (χ3n) is 4.25. The summed E-state index contributed by atoms with van der Waals surface area (Å²) in [5.41, 5.74) is 0. The summed E-state index contributed by atoms with van der Waals surface area (Å²) in [7, 11) is 0. The fraction of sp³-hybridized carbons (Fsp3) is 0.889. The number of allylic oxidation sites excluding steroid dienone is 2. The van der Waals surface area contributed by atoms with Gasteiger partial charge in [-0.05, 0) is 26.2 Å². The van der Waals surface area contributed by atoms with Gasteiger partial charge in [-0.15, -0.1) is 0 Å². The van der Waals surface area contributed by atoms with Gasteiger partial charge in [-0.2, -0.15) is 0 Å². The minimum Gasteiger partial charge on any atom is -0.388 e. The third-order valence-corrected chi connectivity index (χ3v) is 4.25. The van der Waals surface area contributed by atoms with Gasteiger partial charge in [-0.1, -0.05) is 44.3 Å². The molecule has 0 radical (unpaired) electrons. The van der Waals surface area contributed by atoms with Crippen molar-refractivity contribution >= 4 is 0 Å². The molecular weight excluding hydrogens is 296 g/mol. The molecule has 0 aromatic rings. The molecule has 1 heterocycles. The number of aliphatic hydroxyl groups excluding tert-OH is 3. The Labute approximate surface area is 140 Å². The molecular formula is C18H34O5. The summed E-state index contributed by atoms with van der Waals surface area (Å²) in [5.74, 6) is 0. The van der Waals surface area contributed by atoms with Crippen molar-refractivity contribution in [3.05, 3.63) is 12.2 Å². The van der Waals surface area contributed by atoms with E-state index in [0.29, 0.717) is 6.61 Å². The first-order valence-electron chi connectivity index (χ1n) is 9.01. The largest absolute Gasteiger partial charge is 0.388 e. The average molecular weight is 330 g/mol. The Morgan fingerprint density at radius 2 is 1.74 bits per heavy atom. The van der Waals surface area contributed by atoms with Crippen LogP contribution in [0.3, 0.4) is 0 Å². The Kier molecular flexibility index (Phi) is 11.5. The lowest BCUT2D eigenvalue weighted by Crippen LogP contribution is -2.40. The van der Waals surface area contributed by atoms with E-state index in [2.05, 4.69) is 19.1 Å². The molecule has 5 nitrogen and oxygen atoms in total. The summed E-state index contributed by atoms with van der Waals surface area (Å²) >= 11 is 0. The first-order chi connectivity index (χ1) is 11.2. The summed E-state index contributed by atoms with van der Waals surface area (Å²) in [4.78, 5) is 0. The van der Waals surface area contributed by atoms with Crippen LogP contribution in [0.2, 0.25) is 0 Å². The molecule has 23 heavy (non-hydrogen) atoms. The Hall–Kier alpha value is -0.460. The van der Waals surface area contributed by atoms with E-state index in [-0.39, 0.29) is 13.2 Å². The average Bonchev–Trinajstić information content (AvgIpc) is 2.88. The van der Waals surface area contributed by atoms with Gasteiger partial charge in [0.15, 0.2) is 0 Å². The lowest BCUT2D eigenvalue weighted by molar-refractivity contribution is -0.0813. The van der Waals surface area contributed by atoms with E-state index in [0.717, 1.165) is 12.8 Å². The maximum Gasteiger partial charge on any atom is 0.114 e. The van der Waals surface area contributed by atoms with Gasteiger partial charge in [0.1, 0.15) is 24.4 Å². The number of hydrogen-bond donors (Lipinski definition) is 3. The van der Waals surface area contributed by atoms with Crippen molar-refractivity contribution in [1.29, 1.82) is 0 Å². The highest BCUT2D eigenvalue weighted by Gasteiger charge is 2.39. The van der Waals surface area contributed by atoms with Crippen molar-refractivity contribution in [3.63, 3.8) is 0 Å². The molecule has 0 amide bonds. The molecule has 0 aliphatic carbocycles. The van der Waals surface area contributed by atoms with Crippen LogP contribution in [0.1, 0.15) is 58.3 Å². The number of aliphatic hydroxyl groups is 3. The quantitative estimate of drug-likeness (QED) is 0.356. The van der Waals surface area contributed by atoms with Crippen LogP contribution in [0.5, 0.6) is 0 Å². The van der Waals surface area contributed by atoms with E-state index in [9.17, 15) is 15.3 Å². The topological polar surface area (TPSA) is 79.2 Å². The van der Waals surface area contributed by atoms with E-state index in [4.69, 9.17) is 9.47 Å².